The van der Waals surface area contributed by atoms with Crippen molar-refractivity contribution < 1.29 is 9.90 Å². The third-order valence-corrected chi connectivity index (χ3v) is 2.92. The topological polar surface area (TPSA) is 73.4 Å². The van der Waals surface area contributed by atoms with E-state index in [9.17, 15) is 9.90 Å². The van der Waals surface area contributed by atoms with Gasteiger partial charge in [0, 0.05) is 16.3 Å². The Hall–Kier alpha value is -2.31. The van der Waals surface area contributed by atoms with E-state index in [2.05, 4.69) is 16.2 Å². The molecular formula is C14H12ClN3O2S. The summed E-state index contributed by atoms with van der Waals surface area (Å²) in [6.07, 6.45) is 0. The third kappa shape index (κ3) is 4.62. The highest BCUT2D eigenvalue weighted by Gasteiger charge is 2.06. The Labute approximate surface area is 131 Å². The van der Waals surface area contributed by atoms with E-state index in [4.69, 9.17) is 23.8 Å². The number of anilines is 1. The molecule has 2 rings (SSSR count). The van der Waals surface area contributed by atoms with Crippen LogP contribution < -0.4 is 16.2 Å². The van der Waals surface area contributed by atoms with Crippen molar-refractivity contribution in [2.75, 3.05) is 5.32 Å². The van der Waals surface area contributed by atoms with Gasteiger partial charge in [0.15, 0.2) is 5.11 Å². The molecule has 1 amide bonds. The lowest BCUT2D eigenvalue weighted by Gasteiger charge is -2.11. The number of aromatic hydroxyl groups is 1. The molecule has 0 unspecified atom stereocenters. The average Bonchev–Trinajstić information content (AvgIpc) is 2.45. The highest BCUT2D eigenvalue weighted by Crippen LogP contribution is 2.14. The van der Waals surface area contributed by atoms with Crippen LogP contribution in [0.5, 0.6) is 5.75 Å². The quantitative estimate of drug-likeness (QED) is 0.505. The summed E-state index contributed by atoms with van der Waals surface area (Å²) in [4.78, 5) is 11.8. The van der Waals surface area contributed by atoms with Crippen LogP contribution in [0.4, 0.5) is 5.69 Å². The Morgan fingerprint density at radius 3 is 2.57 bits per heavy atom. The Morgan fingerprint density at radius 1 is 1.10 bits per heavy atom. The summed E-state index contributed by atoms with van der Waals surface area (Å²) in [5.74, 6) is -0.400. The number of carbonyl (C=O) groups excluding carboxylic acids is 1. The van der Waals surface area contributed by atoms with Gasteiger partial charge in [0.25, 0.3) is 5.91 Å². The summed E-state index contributed by atoms with van der Waals surface area (Å²) in [5.41, 5.74) is 6.00. The number of halogens is 1. The van der Waals surface area contributed by atoms with Crippen molar-refractivity contribution in [2.45, 2.75) is 0 Å². The minimum absolute atomic E-state index is 0.0160. The van der Waals surface area contributed by atoms with E-state index >= 15 is 0 Å². The van der Waals surface area contributed by atoms with Crippen LogP contribution in [-0.2, 0) is 0 Å². The van der Waals surface area contributed by atoms with E-state index < -0.39 is 5.91 Å². The Bertz CT molecular complexity index is 679. The number of hydrogen-bond donors (Lipinski definition) is 4. The molecule has 0 aromatic heterocycles. The molecule has 7 heteroatoms. The molecule has 0 saturated carbocycles. The Balaban J connectivity index is 1.88. The molecule has 5 nitrogen and oxygen atoms in total. The van der Waals surface area contributed by atoms with Gasteiger partial charge in [-0.25, -0.2) is 0 Å². The van der Waals surface area contributed by atoms with Gasteiger partial charge in [-0.05, 0) is 48.6 Å². The van der Waals surface area contributed by atoms with E-state index in [-0.39, 0.29) is 10.9 Å². The predicted octanol–water partition coefficient (Wildman–Crippen LogP) is 2.68. The van der Waals surface area contributed by atoms with E-state index in [1.165, 1.54) is 12.1 Å². The van der Waals surface area contributed by atoms with Crippen LogP contribution in [0.25, 0.3) is 0 Å². The van der Waals surface area contributed by atoms with E-state index in [0.717, 1.165) is 0 Å². The molecule has 0 fully saturated rings. The predicted molar refractivity (Wildman–Crippen MR) is 86.4 cm³/mol. The summed E-state index contributed by atoms with van der Waals surface area (Å²) in [6.45, 7) is 0. The first-order valence-corrected chi connectivity index (χ1v) is 6.75. The largest absolute Gasteiger partial charge is 0.508 e. The van der Waals surface area contributed by atoms with Crippen LogP contribution in [0.2, 0.25) is 5.02 Å². The number of carbonyl (C=O) groups is 1. The van der Waals surface area contributed by atoms with Gasteiger partial charge in [0.2, 0.25) is 0 Å². The Morgan fingerprint density at radius 2 is 1.86 bits per heavy atom. The highest BCUT2D eigenvalue weighted by molar-refractivity contribution is 7.80. The first kappa shape index (κ1) is 15.1. The molecule has 2 aromatic rings. The fourth-order valence-corrected chi connectivity index (χ4v) is 1.92. The molecule has 0 atom stereocenters. The summed E-state index contributed by atoms with van der Waals surface area (Å²) in [7, 11) is 0. The lowest BCUT2D eigenvalue weighted by molar-refractivity contribution is 0.0944. The van der Waals surface area contributed by atoms with Crippen LogP contribution in [0.3, 0.4) is 0 Å². The second kappa shape index (κ2) is 6.92. The van der Waals surface area contributed by atoms with Gasteiger partial charge < -0.3 is 10.4 Å². The summed E-state index contributed by atoms with van der Waals surface area (Å²) >= 11 is 10.9. The monoisotopic (exact) mass is 321 g/mol. The van der Waals surface area contributed by atoms with Crippen molar-refractivity contribution in [2.24, 2.45) is 0 Å². The molecule has 0 heterocycles. The number of phenolic OH excluding ortho intramolecular Hbond substituents is 1. The van der Waals surface area contributed by atoms with Crippen molar-refractivity contribution >= 4 is 40.5 Å². The Kier molecular flexibility index (Phi) is 4.97. The second-order valence-corrected chi connectivity index (χ2v) is 4.94. The maximum atomic E-state index is 11.8. The van der Waals surface area contributed by atoms with Gasteiger partial charge in [0.05, 0.1) is 0 Å². The molecule has 4 N–H and O–H groups in total. The van der Waals surface area contributed by atoms with Crippen LogP contribution >= 0.6 is 23.8 Å². The number of benzene rings is 2. The van der Waals surface area contributed by atoms with Crippen LogP contribution in [0.15, 0.2) is 48.5 Å². The van der Waals surface area contributed by atoms with Crippen molar-refractivity contribution in [3.63, 3.8) is 0 Å². The molecule has 0 spiro atoms. The van der Waals surface area contributed by atoms with Gasteiger partial charge in [-0.3, -0.25) is 15.6 Å². The molecule has 0 aliphatic heterocycles. The summed E-state index contributed by atoms with van der Waals surface area (Å²) < 4.78 is 0. The van der Waals surface area contributed by atoms with E-state index in [1.54, 1.807) is 36.4 Å². The van der Waals surface area contributed by atoms with Gasteiger partial charge in [-0.15, -0.1) is 0 Å². The molecule has 0 aliphatic carbocycles. The first-order valence-electron chi connectivity index (χ1n) is 5.96. The van der Waals surface area contributed by atoms with Crippen molar-refractivity contribution in [3.05, 3.63) is 59.1 Å². The van der Waals surface area contributed by atoms with Crippen LogP contribution in [-0.4, -0.2) is 16.1 Å². The number of thiocarbonyl (C=S) groups is 1. The fraction of sp³-hybridized carbons (Fsp3) is 0. The third-order valence-electron chi connectivity index (χ3n) is 2.48. The zero-order chi connectivity index (χ0) is 15.2. The maximum Gasteiger partial charge on any atom is 0.269 e. The van der Waals surface area contributed by atoms with Gasteiger partial charge in [-0.1, -0.05) is 23.7 Å². The van der Waals surface area contributed by atoms with Gasteiger partial charge in [0.1, 0.15) is 5.75 Å². The normalized spacial score (nSPS) is 9.76. The standard InChI is InChI=1S/C14H12ClN3O2S/c15-10-4-2-5-11(8-10)16-14(21)18-17-13(20)9-3-1-6-12(19)7-9/h1-8,19H,(H,17,20)(H2,16,18,21). The number of amides is 1. The summed E-state index contributed by atoms with van der Waals surface area (Å²) in [5, 5.41) is 13.0. The van der Waals surface area contributed by atoms with Crippen molar-refractivity contribution in [3.8, 4) is 5.75 Å². The number of phenols is 1. The number of rotatable bonds is 2. The zero-order valence-corrected chi connectivity index (χ0v) is 12.3. The van der Waals surface area contributed by atoms with Gasteiger partial charge in [-0.2, -0.15) is 0 Å². The van der Waals surface area contributed by atoms with E-state index in [0.29, 0.717) is 16.3 Å². The average molecular weight is 322 g/mol. The van der Waals surface area contributed by atoms with Crippen LogP contribution in [0.1, 0.15) is 10.4 Å². The van der Waals surface area contributed by atoms with Crippen molar-refractivity contribution in [1.29, 1.82) is 0 Å². The fourth-order valence-electron chi connectivity index (χ4n) is 1.56. The maximum absolute atomic E-state index is 11.8. The second-order valence-electron chi connectivity index (χ2n) is 4.09. The molecule has 2 aromatic carbocycles. The van der Waals surface area contributed by atoms with Gasteiger partial charge >= 0.3 is 0 Å². The molecular weight excluding hydrogens is 310 g/mol. The lowest BCUT2D eigenvalue weighted by Crippen LogP contribution is -2.43. The molecule has 0 radical (unpaired) electrons. The summed E-state index contributed by atoms with van der Waals surface area (Å²) in [6, 6.07) is 13.0. The SMILES string of the molecule is O=C(NNC(=S)Nc1cccc(Cl)c1)c1cccc(O)c1. The number of hydrazine groups is 1. The van der Waals surface area contributed by atoms with E-state index in [1.807, 2.05) is 0 Å². The zero-order valence-electron chi connectivity index (χ0n) is 10.8. The first-order chi connectivity index (χ1) is 10.0. The highest BCUT2D eigenvalue weighted by atomic mass is 35.5. The molecule has 108 valence electrons. The molecule has 21 heavy (non-hydrogen) atoms. The molecule has 0 saturated heterocycles. The van der Waals surface area contributed by atoms with Crippen LogP contribution in [0, 0.1) is 0 Å². The molecule has 0 bridgehead atoms. The van der Waals surface area contributed by atoms with Crippen molar-refractivity contribution in [1.82, 2.24) is 10.9 Å². The minimum atomic E-state index is -0.416. The lowest BCUT2D eigenvalue weighted by atomic mass is 10.2. The molecule has 0 aliphatic rings. The minimum Gasteiger partial charge on any atom is -0.508 e. The number of hydrogen-bond acceptors (Lipinski definition) is 3. The number of nitrogens with one attached hydrogen (secondary N) is 3. The smallest absolute Gasteiger partial charge is 0.269 e.